The Bertz CT molecular complexity index is 519. The summed E-state index contributed by atoms with van der Waals surface area (Å²) in [5.74, 6) is 0.652. The van der Waals surface area contributed by atoms with E-state index in [0.717, 1.165) is 5.56 Å². The van der Waals surface area contributed by atoms with E-state index in [4.69, 9.17) is 5.73 Å². The lowest BCUT2D eigenvalue weighted by Gasteiger charge is -2.02. The normalized spacial score (nSPS) is 10.3. The second kappa shape index (κ2) is 4.72. The predicted molar refractivity (Wildman–Crippen MR) is 62.0 cm³/mol. The minimum Gasteiger partial charge on any atom is -0.325 e. The molecule has 0 aliphatic heterocycles. The summed E-state index contributed by atoms with van der Waals surface area (Å²) < 4.78 is 0. The van der Waals surface area contributed by atoms with Crippen LogP contribution in [0.2, 0.25) is 0 Å². The van der Waals surface area contributed by atoms with E-state index in [1.807, 2.05) is 30.3 Å². The van der Waals surface area contributed by atoms with Gasteiger partial charge in [-0.2, -0.15) is 0 Å². The van der Waals surface area contributed by atoms with Gasteiger partial charge in [0.2, 0.25) is 0 Å². The van der Waals surface area contributed by atoms with Crippen LogP contribution in [0.1, 0.15) is 17.1 Å². The van der Waals surface area contributed by atoms with Crippen molar-refractivity contribution in [3.63, 3.8) is 0 Å². The van der Waals surface area contributed by atoms with Gasteiger partial charge in [0, 0.05) is 19.0 Å². The summed E-state index contributed by atoms with van der Waals surface area (Å²) in [4.78, 5) is 18.3. The number of nitrogens with one attached hydrogen (secondary N) is 1. The quantitative estimate of drug-likeness (QED) is 0.796. The number of hydrogen-bond donors (Lipinski definition) is 2. The van der Waals surface area contributed by atoms with Crippen LogP contribution in [0.4, 0.5) is 0 Å². The third-order valence-corrected chi connectivity index (χ3v) is 2.27. The zero-order valence-corrected chi connectivity index (χ0v) is 8.81. The smallest absolute Gasteiger partial charge is 0.251 e. The van der Waals surface area contributed by atoms with Crippen LogP contribution in [0.3, 0.4) is 0 Å². The van der Waals surface area contributed by atoms with E-state index in [0.29, 0.717) is 17.9 Å². The Morgan fingerprint density at radius 2 is 2.00 bits per heavy atom. The lowest BCUT2D eigenvalue weighted by atomic mass is 10.1. The average molecular weight is 215 g/mol. The third-order valence-electron chi connectivity index (χ3n) is 2.27. The van der Waals surface area contributed by atoms with Crippen LogP contribution in [0, 0.1) is 0 Å². The van der Waals surface area contributed by atoms with Gasteiger partial charge in [-0.3, -0.25) is 4.79 Å². The lowest BCUT2D eigenvalue weighted by molar-refractivity contribution is 0.875. The molecule has 0 unspecified atom stereocenters. The van der Waals surface area contributed by atoms with Gasteiger partial charge in [-0.1, -0.05) is 30.3 Å². The molecular weight excluding hydrogens is 202 g/mol. The Balaban J connectivity index is 2.28. The molecule has 0 radical (unpaired) electrons. The molecule has 0 atom stereocenters. The number of benzene rings is 1. The fraction of sp³-hybridized carbons (Fsp3) is 0.167. The number of rotatable bonds is 3. The largest absolute Gasteiger partial charge is 0.325 e. The van der Waals surface area contributed by atoms with E-state index in [-0.39, 0.29) is 12.1 Å². The summed E-state index contributed by atoms with van der Waals surface area (Å²) in [6.45, 7) is 0.283. The van der Waals surface area contributed by atoms with E-state index in [1.54, 1.807) is 0 Å². The monoisotopic (exact) mass is 215 g/mol. The van der Waals surface area contributed by atoms with Gasteiger partial charge in [0.15, 0.2) is 0 Å². The molecule has 2 rings (SSSR count). The van der Waals surface area contributed by atoms with Gasteiger partial charge in [-0.15, -0.1) is 0 Å². The van der Waals surface area contributed by atoms with Crippen LogP contribution in [0.15, 0.2) is 41.2 Å². The minimum absolute atomic E-state index is 0.151. The predicted octanol–water partition coefficient (Wildman–Crippen LogP) is 0.819. The van der Waals surface area contributed by atoms with Gasteiger partial charge in [0.05, 0.1) is 5.69 Å². The highest BCUT2D eigenvalue weighted by atomic mass is 16.1. The van der Waals surface area contributed by atoms with Crippen LogP contribution in [0.5, 0.6) is 0 Å². The summed E-state index contributed by atoms with van der Waals surface area (Å²) >= 11 is 0. The Labute approximate surface area is 93.2 Å². The Morgan fingerprint density at radius 1 is 1.25 bits per heavy atom. The van der Waals surface area contributed by atoms with Crippen LogP contribution >= 0.6 is 0 Å². The van der Waals surface area contributed by atoms with Gasteiger partial charge in [0.25, 0.3) is 5.56 Å². The highest BCUT2D eigenvalue weighted by Gasteiger charge is 2.01. The van der Waals surface area contributed by atoms with E-state index < -0.39 is 0 Å². The summed E-state index contributed by atoms with van der Waals surface area (Å²) in [7, 11) is 0. The van der Waals surface area contributed by atoms with E-state index in [1.165, 1.54) is 6.07 Å². The Kier molecular flexibility index (Phi) is 3.12. The molecule has 1 aromatic carbocycles. The van der Waals surface area contributed by atoms with Gasteiger partial charge >= 0.3 is 0 Å². The summed E-state index contributed by atoms with van der Waals surface area (Å²) in [5.41, 5.74) is 7.05. The van der Waals surface area contributed by atoms with Crippen molar-refractivity contribution in [2.24, 2.45) is 5.73 Å². The highest BCUT2D eigenvalue weighted by molar-refractivity contribution is 5.19. The zero-order chi connectivity index (χ0) is 11.4. The molecule has 82 valence electrons. The van der Waals surface area contributed by atoms with Gasteiger partial charge < -0.3 is 10.7 Å². The Morgan fingerprint density at radius 3 is 2.69 bits per heavy atom. The van der Waals surface area contributed by atoms with Crippen molar-refractivity contribution >= 4 is 0 Å². The molecule has 1 aromatic heterocycles. The van der Waals surface area contributed by atoms with Gasteiger partial charge in [0.1, 0.15) is 5.82 Å². The number of nitrogens with two attached hydrogens (primary N) is 1. The first kappa shape index (κ1) is 10.6. The number of H-pyrrole nitrogens is 1. The van der Waals surface area contributed by atoms with Crippen LogP contribution < -0.4 is 11.3 Å². The number of aromatic amines is 1. The first-order valence-electron chi connectivity index (χ1n) is 5.11. The first-order chi connectivity index (χ1) is 7.78. The standard InChI is InChI=1S/C12H13N3O/c13-8-10-7-12(16)15-11(14-10)6-9-4-2-1-3-5-9/h1-5,7H,6,8,13H2,(H,14,15,16). The molecule has 0 aliphatic rings. The summed E-state index contributed by atoms with van der Waals surface area (Å²) in [6.07, 6.45) is 0.615. The molecule has 4 nitrogen and oxygen atoms in total. The van der Waals surface area contributed by atoms with Crippen molar-refractivity contribution in [2.45, 2.75) is 13.0 Å². The second-order valence-electron chi connectivity index (χ2n) is 3.55. The van der Waals surface area contributed by atoms with E-state index in [2.05, 4.69) is 9.97 Å². The molecule has 3 N–H and O–H groups in total. The molecule has 16 heavy (non-hydrogen) atoms. The van der Waals surface area contributed by atoms with Crippen LogP contribution in [0.25, 0.3) is 0 Å². The zero-order valence-electron chi connectivity index (χ0n) is 8.81. The maximum absolute atomic E-state index is 11.3. The Hall–Kier alpha value is -1.94. The molecule has 0 saturated heterocycles. The number of nitrogens with zero attached hydrogens (tertiary/aromatic N) is 1. The van der Waals surface area contributed by atoms with Crippen molar-refractivity contribution in [2.75, 3.05) is 0 Å². The van der Waals surface area contributed by atoms with Crippen LogP contribution in [-0.2, 0) is 13.0 Å². The van der Waals surface area contributed by atoms with Gasteiger partial charge in [-0.25, -0.2) is 4.98 Å². The summed E-state index contributed by atoms with van der Waals surface area (Å²) in [5, 5.41) is 0. The third kappa shape index (κ3) is 2.55. The summed E-state index contributed by atoms with van der Waals surface area (Å²) in [6, 6.07) is 11.3. The molecule has 1 heterocycles. The van der Waals surface area contributed by atoms with Crippen molar-refractivity contribution in [1.29, 1.82) is 0 Å². The average Bonchev–Trinajstić information content (AvgIpc) is 2.29. The molecule has 0 spiro atoms. The van der Waals surface area contributed by atoms with Crippen LogP contribution in [-0.4, -0.2) is 9.97 Å². The number of hydrogen-bond acceptors (Lipinski definition) is 3. The van der Waals surface area contributed by atoms with Gasteiger partial charge in [-0.05, 0) is 5.56 Å². The maximum Gasteiger partial charge on any atom is 0.251 e. The fourth-order valence-corrected chi connectivity index (χ4v) is 1.54. The SMILES string of the molecule is NCc1cc(=O)[nH]c(Cc2ccccc2)n1. The molecular formula is C12H13N3O. The molecule has 0 aliphatic carbocycles. The van der Waals surface area contributed by atoms with Crippen molar-refractivity contribution < 1.29 is 0 Å². The molecule has 4 heteroatoms. The van der Waals surface area contributed by atoms with Crippen molar-refractivity contribution in [1.82, 2.24) is 9.97 Å². The minimum atomic E-state index is -0.151. The first-order valence-corrected chi connectivity index (χ1v) is 5.11. The number of aromatic nitrogens is 2. The molecule has 0 amide bonds. The fourth-order valence-electron chi connectivity index (χ4n) is 1.54. The van der Waals surface area contributed by atoms with Crippen molar-refractivity contribution in [3.8, 4) is 0 Å². The topological polar surface area (TPSA) is 71.8 Å². The van der Waals surface area contributed by atoms with E-state index >= 15 is 0 Å². The molecule has 0 fully saturated rings. The molecule has 2 aromatic rings. The second-order valence-corrected chi connectivity index (χ2v) is 3.55. The van der Waals surface area contributed by atoms with E-state index in [9.17, 15) is 4.79 Å². The maximum atomic E-state index is 11.3. The van der Waals surface area contributed by atoms with Crippen molar-refractivity contribution in [3.05, 3.63) is 63.8 Å². The molecule has 0 saturated carbocycles. The lowest BCUT2D eigenvalue weighted by Crippen LogP contribution is -2.15. The highest BCUT2D eigenvalue weighted by Crippen LogP contribution is 2.04. The molecule has 0 bridgehead atoms.